The highest BCUT2D eigenvalue weighted by molar-refractivity contribution is 4.80. The van der Waals surface area contributed by atoms with Gasteiger partial charge >= 0.3 is 0 Å². The lowest BCUT2D eigenvalue weighted by Crippen LogP contribution is -2.31. The lowest BCUT2D eigenvalue weighted by atomic mass is 9.69. The molecule has 6 heteroatoms. The quantitative estimate of drug-likeness (QED) is 0.391. The van der Waals surface area contributed by atoms with Crippen molar-refractivity contribution in [3.05, 3.63) is 0 Å². The highest BCUT2D eigenvalue weighted by Gasteiger charge is 2.31. The van der Waals surface area contributed by atoms with Crippen LogP contribution in [0.2, 0.25) is 0 Å². The smallest absolute Gasteiger partial charge is 0.0883 e. The fraction of sp³-hybridized carbons (Fsp3) is 1.00. The molecule has 14 heavy (non-hydrogen) atoms. The molecule has 1 N–H and O–H groups in total. The second kappa shape index (κ2) is 6.28. The van der Waals surface area contributed by atoms with E-state index in [0.717, 1.165) is 5.92 Å². The van der Waals surface area contributed by atoms with Crippen LogP contribution in [0.15, 0.2) is 0 Å². The van der Waals surface area contributed by atoms with Crippen molar-refractivity contribution >= 4 is 0 Å². The van der Waals surface area contributed by atoms with Crippen LogP contribution < -0.4 is 0 Å². The summed E-state index contributed by atoms with van der Waals surface area (Å²) in [5.74, 6) is 1.86. The molecule has 3 unspecified atom stereocenters. The Morgan fingerprint density at radius 3 is 2.57 bits per heavy atom. The van der Waals surface area contributed by atoms with Crippen molar-refractivity contribution in [2.45, 2.75) is 26.7 Å². The second-order valence-electron chi connectivity index (χ2n) is 3.76. The molecule has 0 aromatic heterocycles. The molecule has 3 atom stereocenters. The molecule has 1 saturated carbocycles. The molecule has 0 aromatic rings. The minimum atomic E-state index is 0.414. The van der Waals surface area contributed by atoms with E-state index in [4.69, 9.17) is 5.26 Å². The Kier molecular flexibility index (Phi) is 5.31. The van der Waals surface area contributed by atoms with E-state index in [1.807, 2.05) is 0 Å². The third-order valence-electron chi connectivity index (χ3n) is 2.88. The average molecular weight is 208 g/mol. The first kappa shape index (κ1) is 11.8. The van der Waals surface area contributed by atoms with Crippen LogP contribution >= 0.6 is 0 Å². The predicted octanol–water partition coefficient (Wildman–Crippen LogP) is 1.88. The van der Waals surface area contributed by atoms with E-state index < -0.39 is 0 Å². The van der Waals surface area contributed by atoms with Crippen LogP contribution in [0.4, 0.5) is 0 Å². The predicted molar refractivity (Wildman–Crippen MR) is 44.0 cm³/mol. The van der Waals surface area contributed by atoms with Gasteiger partial charge in [0.25, 0.3) is 0 Å². The first-order chi connectivity index (χ1) is 6.75. The zero-order chi connectivity index (χ0) is 10.4. The van der Waals surface area contributed by atoms with E-state index >= 15 is 0 Å². The van der Waals surface area contributed by atoms with Gasteiger partial charge in [-0.3, -0.25) is 0 Å². The van der Waals surface area contributed by atoms with E-state index in [-0.39, 0.29) is 0 Å². The van der Waals surface area contributed by atoms with Crippen LogP contribution in [0.25, 0.3) is 0 Å². The summed E-state index contributed by atoms with van der Waals surface area (Å²) in [5, 5.41) is 22.2. The molecule has 0 radical (unpaired) electrons. The molecule has 1 aliphatic carbocycles. The molecule has 0 saturated heterocycles. The topological polar surface area (TPSA) is 66.4 Å². The summed E-state index contributed by atoms with van der Waals surface area (Å²) in [4.78, 5) is 4.66. The Hall–Kier alpha value is -0.240. The fourth-order valence-corrected chi connectivity index (χ4v) is 1.84. The van der Waals surface area contributed by atoms with Gasteiger partial charge in [-0.05, 0) is 44.3 Å². The summed E-state index contributed by atoms with van der Waals surface area (Å²) in [7, 11) is 0. The highest BCUT2D eigenvalue weighted by Crippen LogP contribution is 2.39. The summed E-state index contributed by atoms with van der Waals surface area (Å²) in [5.41, 5.74) is 0. The van der Waals surface area contributed by atoms with Crippen molar-refractivity contribution in [3.8, 4) is 0 Å². The third-order valence-corrected chi connectivity index (χ3v) is 2.88. The summed E-state index contributed by atoms with van der Waals surface area (Å²) in [6.45, 7) is 4.74. The van der Waals surface area contributed by atoms with Crippen LogP contribution in [0.5, 0.6) is 0 Å². The Labute approximate surface area is 82.3 Å². The van der Waals surface area contributed by atoms with Crippen LogP contribution in [-0.4, -0.2) is 11.9 Å². The lowest BCUT2D eigenvalue weighted by Gasteiger charge is -2.37. The fourth-order valence-electron chi connectivity index (χ4n) is 1.84. The van der Waals surface area contributed by atoms with E-state index in [2.05, 4.69) is 38.9 Å². The molecule has 0 aromatic carbocycles. The van der Waals surface area contributed by atoms with Gasteiger partial charge in [-0.25, -0.2) is 10.1 Å². The molecule has 0 spiro atoms. The first-order valence-corrected chi connectivity index (χ1v) is 4.68. The molecule has 0 heterocycles. The van der Waals surface area contributed by atoms with Crippen LogP contribution in [0.3, 0.4) is 0 Å². The van der Waals surface area contributed by atoms with Gasteiger partial charge in [-0.1, -0.05) is 20.3 Å². The molecule has 84 valence electrons. The molecule has 1 aliphatic rings. The minimum absolute atomic E-state index is 0.414. The molecule has 6 nitrogen and oxygen atoms in total. The monoisotopic (exact) mass is 208 g/mol. The van der Waals surface area contributed by atoms with Crippen molar-refractivity contribution in [1.82, 2.24) is 0 Å². The van der Waals surface area contributed by atoms with E-state index in [1.165, 1.54) is 12.8 Å². The Morgan fingerprint density at radius 2 is 2.07 bits per heavy atom. The normalized spacial score (nSPS) is 28.5. The summed E-state index contributed by atoms with van der Waals surface area (Å²) >= 11 is 0. The Morgan fingerprint density at radius 1 is 1.29 bits per heavy atom. The van der Waals surface area contributed by atoms with Crippen LogP contribution in [0, 0.1) is 17.8 Å². The minimum Gasteiger partial charge on any atom is -0.219 e. The van der Waals surface area contributed by atoms with Crippen molar-refractivity contribution in [3.63, 3.8) is 0 Å². The molecule has 0 amide bonds. The van der Waals surface area contributed by atoms with Crippen LogP contribution in [-0.2, 0) is 25.0 Å². The van der Waals surface area contributed by atoms with Gasteiger partial charge in [-0.2, -0.15) is 0 Å². The second-order valence-corrected chi connectivity index (χ2v) is 3.76. The molecule has 1 fully saturated rings. The number of hydrogen-bond acceptors (Lipinski definition) is 6. The van der Waals surface area contributed by atoms with Crippen molar-refractivity contribution in [2.75, 3.05) is 6.61 Å². The summed E-state index contributed by atoms with van der Waals surface area (Å²) < 4.78 is 0. The Balaban J connectivity index is 1.95. The highest BCUT2D eigenvalue weighted by atomic mass is 17.8. The first-order valence-electron chi connectivity index (χ1n) is 4.68. The molecule has 0 bridgehead atoms. The number of hydrogen-bond donors (Lipinski definition) is 1. The van der Waals surface area contributed by atoms with E-state index in [1.54, 1.807) is 0 Å². The zero-order valence-corrected chi connectivity index (χ0v) is 8.34. The molecule has 0 aliphatic heterocycles. The van der Waals surface area contributed by atoms with Gasteiger partial charge in [-0.15, -0.1) is 0 Å². The largest absolute Gasteiger partial charge is 0.219 e. The summed E-state index contributed by atoms with van der Waals surface area (Å²) in [6.07, 6.45) is 2.52. The van der Waals surface area contributed by atoms with Gasteiger partial charge in [0.05, 0.1) is 6.61 Å². The average Bonchev–Trinajstić information content (AvgIpc) is 2.15. The van der Waals surface area contributed by atoms with E-state index in [9.17, 15) is 0 Å². The van der Waals surface area contributed by atoms with Gasteiger partial charge in [0.1, 0.15) is 0 Å². The van der Waals surface area contributed by atoms with Gasteiger partial charge < -0.3 is 0 Å². The zero-order valence-electron chi connectivity index (χ0n) is 8.34. The molecular formula is C8H16O6. The number of rotatable bonds is 7. The van der Waals surface area contributed by atoms with Crippen molar-refractivity contribution in [1.29, 1.82) is 0 Å². The molecular weight excluding hydrogens is 192 g/mol. The van der Waals surface area contributed by atoms with Crippen LogP contribution in [0.1, 0.15) is 26.7 Å². The van der Waals surface area contributed by atoms with Crippen molar-refractivity contribution < 1.29 is 30.3 Å². The maximum atomic E-state index is 7.66. The van der Waals surface area contributed by atoms with Gasteiger partial charge in [0, 0.05) is 0 Å². The summed E-state index contributed by atoms with van der Waals surface area (Å²) in [6, 6.07) is 0. The Bertz CT molecular complexity index is 153. The lowest BCUT2D eigenvalue weighted by molar-refractivity contribution is -0.753. The molecule has 1 rings (SSSR count). The standard InChI is InChI=1S/C8H16O6/c1-6-3-4-8(6)7(2)5-10-12-14-13-11-9/h6-9H,3-5H2,1-2H3. The maximum absolute atomic E-state index is 7.66. The van der Waals surface area contributed by atoms with E-state index in [0.29, 0.717) is 18.4 Å². The maximum Gasteiger partial charge on any atom is 0.0883 e. The van der Waals surface area contributed by atoms with Gasteiger partial charge in [0.2, 0.25) is 0 Å². The van der Waals surface area contributed by atoms with Crippen molar-refractivity contribution in [2.24, 2.45) is 17.8 Å². The SMILES string of the molecule is CC1CCC1C(C)COOOOOO. The van der Waals surface area contributed by atoms with Gasteiger partial charge in [0.15, 0.2) is 0 Å². The third kappa shape index (κ3) is 3.49.